The lowest BCUT2D eigenvalue weighted by Crippen LogP contribution is -2.07. The molecular weight excluding hydrogens is 127 g/mol. The second-order valence-corrected chi connectivity index (χ2v) is 1.24. The van der Waals surface area contributed by atoms with Crippen molar-refractivity contribution >= 4 is 7.32 Å². The van der Waals surface area contributed by atoms with Gasteiger partial charge in [-0.25, -0.2) is 0 Å². The molecule has 9 heavy (non-hydrogen) atoms. The van der Waals surface area contributed by atoms with E-state index in [0.717, 1.165) is 0 Å². The Kier molecular flexibility index (Phi) is 10.2. The Morgan fingerprint density at radius 2 is 1.33 bits per heavy atom. The first-order valence-corrected chi connectivity index (χ1v) is 2.41. The summed E-state index contributed by atoms with van der Waals surface area (Å²) in [4.78, 5) is 0. The van der Waals surface area contributed by atoms with Crippen molar-refractivity contribution in [1.29, 1.82) is 0 Å². The van der Waals surface area contributed by atoms with Crippen molar-refractivity contribution in [3.63, 3.8) is 0 Å². The van der Waals surface area contributed by atoms with E-state index in [2.05, 4.69) is 0 Å². The molecule has 5 N–H and O–H groups in total. The molecule has 0 aromatic rings. The van der Waals surface area contributed by atoms with Crippen LogP contribution in [0.3, 0.4) is 0 Å². The van der Waals surface area contributed by atoms with E-state index in [1.54, 1.807) is 6.92 Å². The Hall–Kier alpha value is -0.135. The summed E-state index contributed by atoms with van der Waals surface area (Å²) < 4.78 is 0. The zero-order valence-corrected chi connectivity index (χ0v) is 5.10. The van der Waals surface area contributed by atoms with E-state index < -0.39 is 13.6 Å². The Morgan fingerprint density at radius 1 is 1.22 bits per heavy atom. The van der Waals surface area contributed by atoms with Gasteiger partial charge < -0.3 is 25.3 Å². The maximum atomic E-state index is 7.92. The monoisotopic (exact) mass is 138 g/mol. The Morgan fingerprint density at radius 3 is 1.33 bits per heavy atom. The highest BCUT2D eigenvalue weighted by Crippen LogP contribution is 1.77. The maximum Gasteiger partial charge on any atom is 0.631 e. The van der Waals surface area contributed by atoms with Crippen molar-refractivity contribution < 1.29 is 25.3 Å². The molecule has 0 aromatic carbocycles. The molecule has 0 aliphatic carbocycles. The first-order valence-electron chi connectivity index (χ1n) is 2.41. The lowest BCUT2D eigenvalue weighted by atomic mass is 10.3. The summed E-state index contributed by atoms with van der Waals surface area (Å²) in [6, 6.07) is 0. The normalized spacial score (nSPS) is 8.33. The molecule has 0 aromatic heterocycles. The molecule has 0 atom stereocenters. The number of rotatable bonds is 1. The molecule has 0 aliphatic heterocycles. The number of aliphatic hydroxyl groups excluding tert-OH is 1. The van der Waals surface area contributed by atoms with Gasteiger partial charge in [0.15, 0.2) is 6.29 Å². The molecule has 0 saturated carbocycles. The average Bonchev–Trinajstić information content (AvgIpc) is 1.65. The van der Waals surface area contributed by atoms with Crippen LogP contribution in [0.15, 0.2) is 0 Å². The highest BCUT2D eigenvalue weighted by molar-refractivity contribution is 6.30. The van der Waals surface area contributed by atoms with E-state index in [4.69, 9.17) is 25.3 Å². The van der Waals surface area contributed by atoms with E-state index in [9.17, 15) is 0 Å². The van der Waals surface area contributed by atoms with Gasteiger partial charge in [0.05, 0.1) is 0 Å². The molecule has 0 bridgehead atoms. The van der Waals surface area contributed by atoms with E-state index in [1.165, 1.54) is 0 Å². The first-order chi connectivity index (χ1) is 4.00. The van der Waals surface area contributed by atoms with Crippen LogP contribution in [-0.4, -0.2) is 38.9 Å². The zero-order valence-electron chi connectivity index (χ0n) is 5.10. The van der Waals surface area contributed by atoms with Gasteiger partial charge in [-0.3, -0.25) is 0 Å². The van der Waals surface area contributed by atoms with Crippen LogP contribution in [0.4, 0.5) is 0 Å². The molecule has 0 radical (unpaired) electrons. The molecule has 6 heteroatoms. The minimum atomic E-state index is -2.17. The molecule has 0 unspecified atom stereocenters. The van der Waals surface area contributed by atoms with E-state index in [0.29, 0.717) is 6.42 Å². The Balaban J connectivity index is 0. The highest BCUT2D eigenvalue weighted by Gasteiger charge is 1.92. The second-order valence-electron chi connectivity index (χ2n) is 1.24. The molecular formula is C3H11BO5. The fraction of sp³-hybridized carbons (Fsp3) is 1.00. The van der Waals surface area contributed by atoms with Crippen LogP contribution in [0.25, 0.3) is 0 Å². The van der Waals surface area contributed by atoms with Gasteiger partial charge in [0.1, 0.15) is 0 Å². The van der Waals surface area contributed by atoms with Gasteiger partial charge in [0, 0.05) is 0 Å². The molecule has 0 fully saturated rings. The van der Waals surface area contributed by atoms with Gasteiger partial charge in [-0.05, 0) is 6.42 Å². The van der Waals surface area contributed by atoms with Crippen molar-refractivity contribution in [2.75, 3.05) is 0 Å². The van der Waals surface area contributed by atoms with Crippen molar-refractivity contribution in [3.8, 4) is 0 Å². The van der Waals surface area contributed by atoms with Gasteiger partial charge in [-0.2, -0.15) is 0 Å². The topological polar surface area (TPSA) is 101 Å². The van der Waals surface area contributed by atoms with Gasteiger partial charge in [0.25, 0.3) is 0 Å². The number of aliphatic hydroxyl groups is 2. The molecule has 5 nitrogen and oxygen atoms in total. The Labute approximate surface area is 53.4 Å². The molecule has 56 valence electrons. The fourth-order valence-corrected chi connectivity index (χ4v) is 0. The summed E-state index contributed by atoms with van der Waals surface area (Å²) in [5.41, 5.74) is 0. The van der Waals surface area contributed by atoms with Gasteiger partial charge >= 0.3 is 7.32 Å². The second kappa shape index (κ2) is 7.86. The predicted molar refractivity (Wildman–Crippen MR) is 30.9 cm³/mol. The average molecular weight is 138 g/mol. The quantitative estimate of drug-likeness (QED) is 0.206. The highest BCUT2D eigenvalue weighted by atomic mass is 16.5. The van der Waals surface area contributed by atoms with Crippen LogP contribution < -0.4 is 0 Å². The third-order valence-electron chi connectivity index (χ3n) is 0.365. The van der Waals surface area contributed by atoms with Crippen LogP contribution in [0, 0.1) is 0 Å². The number of hydrogen-bond donors (Lipinski definition) is 5. The van der Waals surface area contributed by atoms with Crippen molar-refractivity contribution in [2.45, 2.75) is 19.6 Å². The summed E-state index contributed by atoms with van der Waals surface area (Å²) in [5, 5.41) is 37.3. The standard InChI is InChI=1S/C3H8O2.BH3O3/c1-2-3(4)5;2-1(3)4/h3-5H,2H2,1H3;2-4H. The molecule has 0 amide bonds. The molecule has 0 rings (SSSR count). The molecule has 0 spiro atoms. The number of hydrogen-bond acceptors (Lipinski definition) is 5. The molecule has 0 saturated heterocycles. The van der Waals surface area contributed by atoms with Crippen LogP contribution >= 0.6 is 0 Å². The predicted octanol–water partition coefficient (Wildman–Crippen LogP) is -2.34. The van der Waals surface area contributed by atoms with E-state index in [1.807, 2.05) is 0 Å². The maximum absolute atomic E-state index is 7.92. The summed E-state index contributed by atoms with van der Waals surface area (Å²) in [7, 11) is -2.17. The smallest absolute Gasteiger partial charge is 0.402 e. The molecule has 0 aliphatic rings. The van der Waals surface area contributed by atoms with Gasteiger partial charge in [-0.1, -0.05) is 6.92 Å². The summed E-state index contributed by atoms with van der Waals surface area (Å²) in [6.07, 6.45) is -0.699. The SMILES string of the molecule is CCC(O)O.OB(O)O. The van der Waals surface area contributed by atoms with E-state index >= 15 is 0 Å². The third kappa shape index (κ3) is 77.8. The first kappa shape index (κ1) is 11.6. The molecule has 0 heterocycles. The minimum Gasteiger partial charge on any atom is -0.402 e. The Bertz CT molecular complexity index is 44.7. The van der Waals surface area contributed by atoms with Gasteiger partial charge in [-0.15, -0.1) is 0 Å². The zero-order chi connectivity index (χ0) is 7.86. The van der Waals surface area contributed by atoms with Crippen molar-refractivity contribution in [3.05, 3.63) is 0 Å². The summed E-state index contributed by atoms with van der Waals surface area (Å²) in [6.45, 7) is 1.70. The largest absolute Gasteiger partial charge is 0.631 e. The van der Waals surface area contributed by atoms with Crippen LogP contribution in [0.1, 0.15) is 13.3 Å². The lowest BCUT2D eigenvalue weighted by Gasteiger charge is -1.90. The lowest BCUT2D eigenvalue weighted by molar-refractivity contribution is -0.0413. The van der Waals surface area contributed by atoms with Crippen LogP contribution in [-0.2, 0) is 0 Å². The fourth-order valence-electron chi connectivity index (χ4n) is 0. The third-order valence-corrected chi connectivity index (χ3v) is 0.365. The van der Waals surface area contributed by atoms with Crippen molar-refractivity contribution in [2.24, 2.45) is 0 Å². The van der Waals surface area contributed by atoms with Crippen LogP contribution in [0.2, 0.25) is 0 Å². The van der Waals surface area contributed by atoms with Gasteiger partial charge in [0.2, 0.25) is 0 Å². The van der Waals surface area contributed by atoms with Crippen molar-refractivity contribution in [1.82, 2.24) is 0 Å². The summed E-state index contributed by atoms with van der Waals surface area (Å²) in [5.74, 6) is 0. The summed E-state index contributed by atoms with van der Waals surface area (Å²) >= 11 is 0. The van der Waals surface area contributed by atoms with E-state index in [-0.39, 0.29) is 0 Å². The minimum absolute atomic E-state index is 0.417. The van der Waals surface area contributed by atoms with Crippen LogP contribution in [0.5, 0.6) is 0 Å².